The van der Waals surface area contributed by atoms with Gasteiger partial charge in [0.1, 0.15) is 10.6 Å². The number of amides is 1. The summed E-state index contributed by atoms with van der Waals surface area (Å²) in [5.74, 6) is 1.40. The molecule has 2 N–H and O–H groups in total. The van der Waals surface area contributed by atoms with Crippen molar-refractivity contribution in [2.24, 2.45) is 0 Å². The molecule has 0 radical (unpaired) electrons. The van der Waals surface area contributed by atoms with Crippen LogP contribution in [0.15, 0.2) is 60.7 Å². The highest BCUT2D eigenvalue weighted by Gasteiger charge is 2.13. The van der Waals surface area contributed by atoms with Crippen molar-refractivity contribution in [2.45, 2.75) is 20.3 Å². The zero-order chi connectivity index (χ0) is 19.5. The molecule has 140 valence electrons. The van der Waals surface area contributed by atoms with E-state index >= 15 is 0 Å². The Kier molecular flexibility index (Phi) is 5.04. The SMILES string of the molecule is CCc1cc2c(Nc3ccc(NC(C)=O)cc3)nc(-c3ccccc3)nc2s1. The minimum Gasteiger partial charge on any atom is -0.340 e. The molecule has 1 amide bonds. The van der Waals surface area contributed by atoms with E-state index in [0.717, 1.165) is 39.4 Å². The third kappa shape index (κ3) is 3.87. The molecule has 0 aliphatic carbocycles. The number of anilines is 3. The number of carbonyl (C=O) groups is 1. The first-order valence-corrected chi connectivity index (χ1v) is 9.94. The second-order valence-corrected chi connectivity index (χ2v) is 7.55. The molecule has 0 atom stereocenters. The summed E-state index contributed by atoms with van der Waals surface area (Å²) in [5, 5.41) is 7.22. The van der Waals surface area contributed by atoms with Gasteiger partial charge in [0, 0.05) is 28.7 Å². The number of nitrogens with zero attached hydrogens (tertiary/aromatic N) is 2. The highest BCUT2D eigenvalue weighted by atomic mass is 32.1. The van der Waals surface area contributed by atoms with Gasteiger partial charge in [-0.05, 0) is 36.8 Å². The number of aryl methyl sites for hydroxylation is 1. The van der Waals surface area contributed by atoms with Gasteiger partial charge in [0.15, 0.2) is 5.82 Å². The second kappa shape index (κ2) is 7.78. The molecule has 0 saturated heterocycles. The Labute approximate surface area is 167 Å². The third-order valence-electron chi connectivity index (χ3n) is 4.29. The van der Waals surface area contributed by atoms with Crippen molar-refractivity contribution in [1.29, 1.82) is 0 Å². The fourth-order valence-corrected chi connectivity index (χ4v) is 3.90. The summed E-state index contributed by atoms with van der Waals surface area (Å²) in [4.78, 5) is 23.0. The molecule has 2 aromatic heterocycles. The Morgan fingerprint density at radius 3 is 2.39 bits per heavy atom. The van der Waals surface area contributed by atoms with Crippen LogP contribution < -0.4 is 10.6 Å². The molecular weight excluding hydrogens is 368 g/mol. The van der Waals surface area contributed by atoms with Crippen molar-refractivity contribution in [3.8, 4) is 11.4 Å². The molecule has 0 bridgehead atoms. The van der Waals surface area contributed by atoms with Crippen LogP contribution in [0.25, 0.3) is 21.6 Å². The van der Waals surface area contributed by atoms with E-state index < -0.39 is 0 Å². The molecule has 0 aliphatic heterocycles. The number of fused-ring (bicyclic) bond motifs is 1. The highest BCUT2D eigenvalue weighted by molar-refractivity contribution is 7.18. The molecule has 6 heteroatoms. The number of thiophene rings is 1. The minimum absolute atomic E-state index is 0.0870. The van der Waals surface area contributed by atoms with E-state index in [1.54, 1.807) is 11.3 Å². The molecular formula is C22H20N4OS. The van der Waals surface area contributed by atoms with Gasteiger partial charge < -0.3 is 10.6 Å². The molecule has 0 aliphatic rings. The fraction of sp³-hybridized carbons (Fsp3) is 0.136. The summed E-state index contributed by atoms with van der Waals surface area (Å²) in [6.45, 7) is 3.64. The monoisotopic (exact) mass is 388 g/mol. The van der Waals surface area contributed by atoms with Gasteiger partial charge in [-0.2, -0.15) is 0 Å². The summed E-state index contributed by atoms with van der Waals surface area (Å²) >= 11 is 1.70. The van der Waals surface area contributed by atoms with Crippen molar-refractivity contribution < 1.29 is 4.79 Å². The summed E-state index contributed by atoms with van der Waals surface area (Å²) in [7, 11) is 0. The van der Waals surface area contributed by atoms with E-state index in [4.69, 9.17) is 9.97 Å². The average molecular weight is 388 g/mol. The summed E-state index contributed by atoms with van der Waals surface area (Å²) in [6, 6.07) is 19.7. The third-order valence-corrected chi connectivity index (χ3v) is 5.47. The molecule has 0 unspecified atom stereocenters. The van der Waals surface area contributed by atoms with Crippen LogP contribution in [0.3, 0.4) is 0 Å². The van der Waals surface area contributed by atoms with Crippen molar-refractivity contribution >= 4 is 44.7 Å². The molecule has 28 heavy (non-hydrogen) atoms. The van der Waals surface area contributed by atoms with Crippen LogP contribution in [0.1, 0.15) is 18.7 Å². The Balaban J connectivity index is 1.74. The van der Waals surface area contributed by atoms with Gasteiger partial charge in [0.2, 0.25) is 5.91 Å². The van der Waals surface area contributed by atoms with Gasteiger partial charge >= 0.3 is 0 Å². The van der Waals surface area contributed by atoms with E-state index in [-0.39, 0.29) is 5.91 Å². The van der Waals surface area contributed by atoms with Gasteiger partial charge in [-0.3, -0.25) is 4.79 Å². The topological polar surface area (TPSA) is 66.9 Å². The number of benzene rings is 2. The van der Waals surface area contributed by atoms with E-state index in [1.807, 2.05) is 54.6 Å². The van der Waals surface area contributed by atoms with E-state index in [1.165, 1.54) is 11.8 Å². The van der Waals surface area contributed by atoms with Crippen molar-refractivity contribution in [3.63, 3.8) is 0 Å². The smallest absolute Gasteiger partial charge is 0.221 e. The Morgan fingerprint density at radius 2 is 1.71 bits per heavy atom. The maximum Gasteiger partial charge on any atom is 0.221 e. The lowest BCUT2D eigenvalue weighted by Crippen LogP contribution is -2.05. The van der Waals surface area contributed by atoms with Crippen molar-refractivity contribution in [1.82, 2.24) is 9.97 Å². The number of hydrogen-bond acceptors (Lipinski definition) is 5. The van der Waals surface area contributed by atoms with Crippen molar-refractivity contribution in [2.75, 3.05) is 10.6 Å². The quantitative estimate of drug-likeness (QED) is 0.465. The molecule has 4 aromatic rings. The zero-order valence-corrected chi connectivity index (χ0v) is 16.5. The maximum atomic E-state index is 11.2. The lowest BCUT2D eigenvalue weighted by Gasteiger charge is -2.10. The highest BCUT2D eigenvalue weighted by Crippen LogP contribution is 2.33. The fourth-order valence-electron chi connectivity index (χ4n) is 2.93. The molecule has 2 heterocycles. The molecule has 0 spiro atoms. The number of aromatic nitrogens is 2. The maximum absolute atomic E-state index is 11.2. The number of rotatable bonds is 5. The van der Waals surface area contributed by atoms with E-state index in [0.29, 0.717) is 5.82 Å². The van der Waals surface area contributed by atoms with Gasteiger partial charge in [0.05, 0.1) is 5.39 Å². The van der Waals surface area contributed by atoms with Crippen LogP contribution in [-0.2, 0) is 11.2 Å². The van der Waals surface area contributed by atoms with Crippen LogP contribution in [-0.4, -0.2) is 15.9 Å². The van der Waals surface area contributed by atoms with Crippen LogP contribution in [0.4, 0.5) is 17.2 Å². The van der Waals surface area contributed by atoms with Crippen LogP contribution in [0.5, 0.6) is 0 Å². The van der Waals surface area contributed by atoms with E-state index in [2.05, 4.69) is 23.6 Å². The van der Waals surface area contributed by atoms with Gasteiger partial charge in [-0.1, -0.05) is 37.3 Å². The van der Waals surface area contributed by atoms with Crippen LogP contribution in [0, 0.1) is 0 Å². The predicted octanol–water partition coefficient (Wildman–Crippen LogP) is 5.62. The largest absolute Gasteiger partial charge is 0.340 e. The first-order valence-electron chi connectivity index (χ1n) is 9.13. The average Bonchev–Trinajstić information content (AvgIpc) is 3.13. The summed E-state index contributed by atoms with van der Waals surface area (Å²) < 4.78 is 0. The zero-order valence-electron chi connectivity index (χ0n) is 15.7. The number of hydrogen-bond donors (Lipinski definition) is 2. The molecule has 4 rings (SSSR count). The number of nitrogens with one attached hydrogen (secondary N) is 2. The molecule has 5 nitrogen and oxygen atoms in total. The van der Waals surface area contributed by atoms with E-state index in [9.17, 15) is 4.79 Å². The summed E-state index contributed by atoms with van der Waals surface area (Å²) in [5.41, 5.74) is 2.65. The van der Waals surface area contributed by atoms with Gasteiger partial charge in [0.25, 0.3) is 0 Å². The lowest BCUT2D eigenvalue weighted by molar-refractivity contribution is -0.114. The molecule has 2 aromatic carbocycles. The van der Waals surface area contributed by atoms with Crippen LogP contribution >= 0.6 is 11.3 Å². The first-order chi connectivity index (χ1) is 13.6. The number of carbonyl (C=O) groups excluding carboxylic acids is 1. The molecule has 0 fully saturated rings. The minimum atomic E-state index is -0.0870. The Morgan fingerprint density at radius 1 is 1.00 bits per heavy atom. The summed E-state index contributed by atoms with van der Waals surface area (Å²) in [6.07, 6.45) is 0.965. The predicted molar refractivity (Wildman–Crippen MR) is 116 cm³/mol. The lowest BCUT2D eigenvalue weighted by atomic mass is 10.2. The molecule has 0 saturated carbocycles. The van der Waals surface area contributed by atoms with Crippen molar-refractivity contribution in [3.05, 3.63) is 65.5 Å². The Bertz CT molecular complexity index is 1120. The standard InChI is InChI=1S/C22H20N4OS/c1-3-18-13-19-21(24-17-11-9-16(10-12-17)23-14(2)27)25-20(26-22(19)28-18)15-7-5-4-6-8-15/h4-13H,3H2,1-2H3,(H,23,27)(H,24,25,26). The normalized spacial score (nSPS) is 10.8. The Hall–Kier alpha value is -3.25. The first kappa shape index (κ1) is 18.1. The van der Waals surface area contributed by atoms with Gasteiger partial charge in [-0.15, -0.1) is 11.3 Å². The van der Waals surface area contributed by atoms with Crippen LogP contribution in [0.2, 0.25) is 0 Å². The second-order valence-electron chi connectivity index (χ2n) is 6.43. The van der Waals surface area contributed by atoms with Gasteiger partial charge in [-0.25, -0.2) is 9.97 Å².